The fraction of sp³-hybridized carbons (Fsp3) is 0.619. The number of aliphatic hydroxyl groups excluding tert-OH is 1. The minimum Gasteiger partial charge on any atom is -0.481 e. The highest BCUT2D eigenvalue weighted by Gasteiger charge is 2.31. The van der Waals surface area contributed by atoms with Gasteiger partial charge in [0.2, 0.25) is 17.7 Å². The van der Waals surface area contributed by atoms with Crippen molar-refractivity contribution in [2.45, 2.75) is 76.7 Å². The summed E-state index contributed by atoms with van der Waals surface area (Å²) in [6.07, 6.45) is 0.886. The summed E-state index contributed by atoms with van der Waals surface area (Å²) in [5, 5.41) is 35.0. The number of rotatable bonds is 15. The van der Waals surface area contributed by atoms with E-state index in [2.05, 4.69) is 25.9 Å². The number of H-pyrrole nitrogens is 1. The van der Waals surface area contributed by atoms with Crippen molar-refractivity contribution in [2.24, 2.45) is 11.7 Å². The van der Waals surface area contributed by atoms with E-state index in [9.17, 15) is 34.2 Å². The van der Waals surface area contributed by atoms with Crippen LogP contribution in [0.2, 0.25) is 0 Å². The van der Waals surface area contributed by atoms with Gasteiger partial charge in [0.05, 0.1) is 12.4 Å². The van der Waals surface area contributed by atoms with Crippen LogP contribution in [-0.4, -0.2) is 85.2 Å². The van der Waals surface area contributed by atoms with Crippen molar-refractivity contribution in [2.75, 3.05) is 0 Å². The number of aromatic nitrogens is 2. The first kappa shape index (κ1) is 29.5. The first-order valence-corrected chi connectivity index (χ1v) is 11.1. The van der Waals surface area contributed by atoms with Crippen molar-refractivity contribution in [3.05, 3.63) is 18.2 Å². The lowest BCUT2D eigenvalue weighted by molar-refractivity contribution is -0.143. The van der Waals surface area contributed by atoms with Crippen molar-refractivity contribution in [3.8, 4) is 0 Å². The van der Waals surface area contributed by atoms with Crippen LogP contribution in [0, 0.1) is 5.92 Å². The Morgan fingerprint density at radius 1 is 0.971 bits per heavy atom. The lowest BCUT2D eigenvalue weighted by Gasteiger charge is -2.26. The molecule has 1 aromatic rings. The second-order valence-corrected chi connectivity index (χ2v) is 8.63. The number of hydrogen-bond acceptors (Lipinski definition) is 8. The molecule has 1 heterocycles. The van der Waals surface area contributed by atoms with Crippen LogP contribution in [0.1, 0.15) is 45.7 Å². The number of imidazole rings is 1. The first-order valence-electron chi connectivity index (χ1n) is 11.1. The Bertz CT molecular complexity index is 873. The molecule has 1 rings (SSSR count). The summed E-state index contributed by atoms with van der Waals surface area (Å²) in [5.74, 6) is -5.03. The Hall–Kier alpha value is -3.52. The topological polar surface area (TPSA) is 237 Å². The maximum atomic E-state index is 13.1. The van der Waals surface area contributed by atoms with Crippen molar-refractivity contribution in [3.63, 3.8) is 0 Å². The number of hydrogen-bond donors (Lipinski definition) is 8. The molecule has 0 aliphatic heterocycles. The van der Waals surface area contributed by atoms with Gasteiger partial charge in [0.1, 0.15) is 24.2 Å². The molecule has 14 heteroatoms. The second kappa shape index (κ2) is 14.0. The van der Waals surface area contributed by atoms with E-state index < -0.39 is 66.4 Å². The minimum atomic E-state index is -1.49. The molecule has 1 aromatic heterocycles. The van der Waals surface area contributed by atoms with Crippen LogP contribution >= 0.6 is 0 Å². The molecule has 0 fully saturated rings. The van der Waals surface area contributed by atoms with Crippen LogP contribution in [0.3, 0.4) is 0 Å². The fourth-order valence-corrected chi connectivity index (χ4v) is 3.09. The standard InChI is InChI=1S/C21H34N6O8/c1-10(2)6-14(27-20(33)17(22)11(3)28)18(31)26-15(7-12-8-23-9-24-12)19(32)25-13(21(34)35)4-5-16(29)30/h8-11,13-15,17,28H,4-7,22H2,1-3H3,(H,23,24)(H,25,32)(H,26,31)(H,27,33)(H,29,30)(H,34,35). The highest BCUT2D eigenvalue weighted by atomic mass is 16.4. The molecule has 0 bridgehead atoms. The zero-order chi connectivity index (χ0) is 26.7. The molecule has 0 spiro atoms. The number of aliphatic hydroxyl groups is 1. The molecular weight excluding hydrogens is 464 g/mol. The third kappa shape index (κ3) is 10.5. The number of nitrogens with zero attached hydrogens (tertiary/aromatic N) is 1. The van der Waals surface area contributed by atoms with Crippen molar-refractivity contribution >= 4 is 29.7 Å². The molecule has 14 nitrogen and oxygen atoms in total. The third-order valence-electron chi connectivity index (χ3n) is 5.04. The minimum absolute atomic E-state index is 0.0406. The SMILES string of the molecule is CC(C)CC(NC(=O)C(N)C(C)O)C(=O)NC(Cc1cnc[nH]1)C(=O)NC(CCC(=O)O)C(=O)O. The number of nitrogens with one attached hydrogen (secondary N) is 4. The predicted molar refractivity (Wildman–Crippen MR) is 122 cm³/mol. The quantitative estimate of drug-likeness (QED) is 0.134. The van der Waals surface area contributed by atoms with Gasteiger partial charge in [0, 0.05) is 24.7 Å². The third-order valence-corrected chi connectivity index (χ3v) is 5.04. The monoisotopic (exact) mass is 498 g/mol. The average Bonchev–Trinajstić information content (AvgIpc) is 3.27. The van der Waals surface area contributed by atoms with E-state index in [0.717, 1.165) is 0 Å². The Kier molecular flexibility index (Phi) is 11.8. The van der Waals surface area contributed by atoms with Gasteiger partial charge >= 0.3 is 11.9 Å². The summed E-state index contributed by atoms with van der Waals surface area (Å²) in [5.41, 5.74) is 6.11. The number of carboxylic acids is 2. The number of aliphatic carboxylic acids is 2. The predicted octanol–water partition coefficient (Wildman–Crippen LogP) is -1.89. The summed E-state index contributed by atoms with van der Waals surface area (Å²) in [7, 11) is 0. The molecule has 35 heavy (non-hydrogen) atoms. The molecule has 0 aliphatic carbocycles. The van der Waals surface area contributed by atoms with E-state index in [1.807, 2.05) is 13.8 Å². The average molecular weight is 499 g/mol. The molecule has 0 saturated heterocycles. The molecule has 0 aromatic carbocycles. The number of carbonyl (C=O) groups excluding carboxylic acids is 3. The van der Waals surface area contributed by atoms with Gasteiger partial charge in [-0.25, -0.2) is 9.78 Å². The lowest BCUT2D eigenvalue weighted by Crippen LogP contribution is -2.58. The number of nitrogens with two attached hydrogens (primary N) is 1. The molecule has 9 N–H and O–H groups in total. The normalized spacial score (nSPS) is 15.4. The number of carbonyl (C=O) groups is 5. The fourth-order valence-electron chi connectivity index (χ4n) is 3.09. The van der Waals surface area contributed by atoms with E-state index in [1.54, 1.807) is 0 Å². The molecule has 3 amide bonds. The van der Waals surface area contributed by atoms with Crippen LogP contribution in [0.25, 0.3) is 0 Å². The van der Waals surface area contributed by atoms with E-state index in [1.165, 1.54) is 19.4 Å². The molecule has 5 atom stereocenters. The molecule has 196 valence electrons. The highest BCUT2D eigenvalue weighted by molar-refractivity contribution is 5.94. The smallest absolute Gasteiger partial charge is 0.326 e. The highest BCUT2D eigenvalue weighted by Crippen LogP contribution is 2.08. The zero-order valence-corrected chi connectivity index (χ0v) is 19.9. The van der Waals surface area contributed by atoms with Gasteiger partial charge in [-0.2, -0.15) is 0 Å². The molecule has 5 unspecified atom stereocenters. The van der Waals surface area contributed by atoms with E-state index >= 15 is 0 Å². The van der Waals surface area contributed by atoms with Gasteiger partial charge in [0.15, 0.2) is 0 Å². The van der Waals surface area contributed by atoms with Crippen molar-refractivity contribution in [1.82, 2.24) is 25.9 Å². The van der Waals surface area contributed by atoms with Gasteiger partial charge in [-0.15, -0.1) is 0 Å². The van der Waals surface area contributed by atoms with Crippen LogP contribution in [0.4, 0.5) is 0 Å². The Morgan fingerprint density at radius 2 is 1.54 bits per heavy atom. The van der Waals surface area contributed by atoms with Crippen molar-refractivity contribution < 1.29 is 39.3 Å². The zero-order valence-electron chi connectivity index (χ0n) is 19.9. The van der Waals surface area contributed by atoms with Gasteiger partial charge in [0.25, 0.3) is 0 Å². The van der Waals surface area contributed by atoms with Gasteiger partial charge < -0.3 is 42.0 Å². The summed E-state index contributed by atoms with van der Waals surface area (Å²) in [4.78, 5) is 67.2. The summed E-state index contributed by atoms with van der Waals surface area (Å²) >= 11 is 0. The van der Waals surface area contributed by atoms with Crippen molar-refractivity contribution in [1.29, 1.82) is 0 Å². The molecule has 0 aliphatic rings. The first-order chi connectivity index (χ1) is 16.3. The van der Waals surface area contributed by atoms with E-state index in [0.29, 0.717) is 5.69 Å². The number of amides is 3. The number of carboxylic acid groups (broad SMARTS) is 2. The lowest BCUT2D eigenvalue weighted by atomic mass is 10.0. The van der Waals surface area contributed by atoms with Gasteiger partial charge in [-0.3, -0.25) is 19.2 Å². The molecule has 0 radical (unpaired) electrons. The van der Waals surface area contributed by atoms with Crippen LogP contribution in [0.5, 0.6) is 0 Å². The van der Waals surface area contributed by atoms with Gasteiger partial charge in [-0.1, -0.05) is 13.8 Å². The summed E-state index contributed by atoms with van der Waals surface area (Å²) < 4.78 is 0. The summed E-state index contributed by atoms with van der Waals surface area (Å²) in [6.45, 7) is 4.96. The molecular formula is C21H34N6O8. The Labute approximate surface area is 202 Å². The maximum Gasteiger partial charge on any atom is 0.326 e. The maximum absolute atomic E-state index is 13.1. The van der Waals surface area contributed by atoms with E-state index in [-0.39, 0.29) is 25.2 Å². The second-order valence-electron chi connectivity index (χ2n) is 8.63. The summed E-state index contributed by atoms with van der Waals surface area (Å²) in [6, 6.07) is -5.12. The van der Waals surface area contributed by atoms with Crippen LogP contribution < -0.4 is 21.7 Å². The van der Waals surface area contributed by atoms with Gasteiger partial charge in [-0.05, 0) is 25.7 Å². The Balaban J connectivity index is 3.07. The van der Waals surface area contributed by atoms with Crippen LogP contribution in [0.15, 0.2) is 12.5 Å². The molecule has 0 saturated carbocycles. The number of aromatic amines is 1. The van der Waals surface area contributed by atoms with E-state index in [4.69, 9.17) is 10.8 Å². The van der Waals surface area contributed by atoms with Crippen LogP contribution in [-0.2, 0) is 30.4 Å². The Morgan fingerprint density at radius 3 is 2.03 bits per heavy atom. The largest absolute Gasteiger partial charge is 0.481 e.